The van der Waals surface area contributed by atoms with Crippen LogP contribution in [0.5, 0.6) is 0 Å². The molecule has 3 aromatic rings. The van der Waals surface area contributed by atoms with Gasteiger partial charge in [0.15, 0.2) is 5.82 Å². The summed E-state index contributed by atoms with van der Waals surface area (Å²) in [4.78, 5) is 37.4. The molecule has 2 heterocycles. The maximum Gasteiger partial charge on any atom is 0.252 e. The second kappa shape index (κ2) is 8.75. The minimum absolute atomic E-state index is 0.0142. The molecule has 2 amide bonds. The van der Waals surface area contributed by atoms with Crippen molar-refractivity contribution in [3.63, 3.8) is 0 Å². The van der Waals surface area contributed by atoms with Gasteiger partial charge in [0.1, 0.15) is 11.2 Å². The molecule has 4 bridgehead atoms. The molecule has 1 aromatic carbocycles. The molecule has 0 spiro atoms. The van der Waals surface area contributed by atoms with Crippen molar-refractivity contribution in [3.05, 3.63) is 41.9 Å². The van der Waals surface area contributed by atoms with E-state index in [9.17, 15) is 14.0 Å². The predicted octanol–water partition coefficient (Wildman–Crippen LogP) is 5.64. The lowest BCUT2D eigenvalue weighted by Gasteiger charge is -2.65. The second-order valence-corrected chi connectivity index (χ2v) is 15.1. The van der Waals surface area contributed by atoms with Gasteiger partial charge in [-0.2, -0.15) is 9.97 Å². The first-order valence-corrected chi connectivity index (χ1v) is 16.2. The number of carbonyl (C=O) groups is 2. The zero-order valence-electron chi connectivity index (χ0n) is 25.0. The SMILES string of the molecule is CC(=O)NC1(c2nc(-c3cccc(N(CC45CCC(c6nc(C7CC7)no6)(CC4)CC5)C(=O)C45CC(F)(C4)C5)c3)no2)CC1. The zero-order chi connectivity index (χ0) is 30.0. The Hall–Kier alpha value is -3.63. The molecule has 230 valence electrons. The van der Waals surface area contributed by atoms with Gasteiger partial charge in [-0.15, -0.1) is 0 Å². The molecule has 0 saturated heterocycles. The smallest absolute Gasteiger partial charge is 0.252 e. The number of benzene rings is 1. The first-order valence-electron chi connectivity index (χ1n) is 16.2. The molecule has 8 aliphatic rings. The zero-order valence-corrected chi connectivity index (χ0v) is 25.0. The number of hydrogen-bond acceptors (Lipinski definition) is 8. The van der Waals surface area contributed by atoms with Crippen LogP contribution < -0.4 is 10.2 Å². The maximum absolute atomic E-state index is 14.6. The average molecular weight is 601 g/mol. The number of amides is 2. The molecule has 0 aliphatic heterocycles. The number of aromatic nitrogens is 4. The molecule has 44 heavy (non-hydrogen) atoms. The number of fused-ring (bicyclic) bond motifs is 3. The fraction of sp³-hybridized carbons (Fsp3) is 0.636. The van der Waals surface area contributed by atoms with Crippen LogP contribution in [-0.4, -0.2) is 44.3 Å². The van der Waals surface area contributed by atoms with E-state index in [1.807, 2.05) is 29.2 Å². The number of nitrogens with one attached hydrogen (secondary N) is 1. The first kappa shape index (κ1) is 26.7. The van der Waals surface area contributed by atoms with Crippen molar-refractivity contribution >= 4 is 17.5 Å². The first-order chi connectivity index (χ1) is 21.1. The lowest BCUT2D eigenvalue weighted by Crippen LogP contribution is -2.71. The molecule has 8 fully saturated rings. The standard InChI is InChI=1S/C33H37FN6O4/c1-20(41)37-33(13-14-33)27-36-25(39-44-27)22-3-2-4-23(15-22)40(28(42)31-16-32(34,17-31)18-31)19-29-7-10-30(11-8-29,12-9-29)26-35-24(38-43-26)21-5-6-21/h2-4,15,21H,5-14,16-19H2,1H3,(H,37,41). The number of rotatable bonds is 9. The summed E-state index contributed by atoms with van der Waals surface area (Å²) in [6, 6.07) is 7.73. The third-order valence-corrected chi connectivity index (χ3v) is 11.8. The summed E-state index contributed by atoms with van der Waals surface area (Å²) < 4.78 is 26.1. The van der Waals surface area contributed by atoms with Gasteiger partial charge in [-0.05, 0) is 101 Å². The normalized spacial score (nSPS) is 34.1. The Morgan fingerprint density at radius 3 is 2.30 bits per heavy atom. The fourth-order valence-electron chi connectivity index (χ4n) is 8.77. The van der Waals surface area contributed by atoms with E-state index in [2.05, 4.69) is 20.6 Å². The summed E-state index contributed by atoms with van der Waals surface area (Å²) in [6.45, 7) is 2.09. The van der Waals surface area contributed by atoms with E-state index in [1.54, 1.807) is 0 Å². The van der Waals surface area contributed by atoms with E-state index in [-0.39, 0.29) is 22.6 Å². The Morgan fingerprint density at radius 2 is 1.66 bits per heavy atom. The molecular weight excluding hydrogens is 563 g/mol. The van der Waals surface area contributed by atoms with Crippen molar-refractivity contribution in [3.8, 4) is 11.4 Å². The highest BCUT2D eigenvalue weighted by Gasteiger charge is 2.73. The minimum atomic E-state index is -1.16. The Kier molecular flexibility index (Phi) is 5.32. The van der Waals surface area contributed by atoms with E-state index in [4.69, 9.17) is 14.0 Å². The van der Waals surface area contributed by atoms with Crippen LogP contribution in [0.25, 0.3) is 11.4 Å². The second-order valence-electron chi connectivity index (χ2n) is 15.1. The molecule has 11 rings (SSSR count). The van der Waals surface area contributed by atoms with Gasteiger partial charge in [0.05, 0.1) is 5.41 Å². The molecule has 0 radical (unpaired) electrons. The van der Waals surface area contributed by atoms with Gasteiger partial charge >= 0.3 is 0 Å². The van der Waals surface area contributed by atoms with Gasteiger partial charge < -0.3 is 19.3 Å². The van der Waals surface area contributed by atoms with E-state index >= 15 is 0 Å². The average Bonchev–Trinajstić information content (AvgIpc) is 3.88. The lowest BCUT2D eigenvalue weighted by molar-refractivity contribution is -0.211. The van der Waals surface area contributed by atoms with Crippen molar-refractivity contribution in [2.75, 3.05) is 11.4 Å². The van der Waals surface area contributed by atoms with Crippen LogP contribution in [0.3, 0.4) is 0 Å². The quantitative estimate of drug-likeness (QED) is 0.334. The fourth-order valence-corrected chi connectivity index (χ4v) is 8.77. The predicted molar refractivity (Wildman–Crippen MR) is 155 cm³/mol. The summed E-state index contributed by atoms with van der Waals surface area (Å²) in [7, 11) is 0. The highest BCUT2D eigenvalue weighted by Crippen LogP contribution is 2.70. The maximum atomic E-state index is 14.6. The van der Waals surface area contributed by atoms with Gasteiger partial charge in [0.2, 0.25) is 23.5 Å². The summed E-state index contributed by atoms with van der Waals surface area (Å²) in [5.41, 5.74) is -0.888. The van der Waals surface area contributed by atoms with Gasteiger partial charge in [0, 0.05) is 36.1 Å². The minimum Gasteiger partial charge on any atom is -0.342 e. The van der Waals surface area contributed by atoms with Crippen LogP contribution in [0.2, 0.25) is 0 Å². The van der Waals surface area contributed by atoms with E-state index in [0.717, 1.165) is 87.2 Å². The molecule has 0 atom stereocenters. The highest BCUT2D eigenvalue weighted by molar-refractivity contribution is 6.00. The molecule has 10 nitrogen and oxygen atoms in total. The Bertz CT molecular complexity index is 1640. The van der Waals surface area contributed by atoms with Crippen molar-refractivity contribution < 1.29 is 23.0 Å². The van der Waals surface area contributed by atoms with Crippen molar-refractivity contribution in [1.82, 2.24) is 25.6 Å². The van der Waals surface area contributed by atoms with Crippen molar-refractivity contribution in [2.45, 2.75) is 113 Å². The Balaban J connectivity index is 0.987. The van der Waals surface area contributed by atoms with Crippen LogP contribution in [0.4, 0.5) is 10.1 Å². The number of anilines is 1. The third kappa shape index (κ3) is 4.03. The Labute approximate surface area is 254 Å². The Morgan fingerprint density at radius 1 is 0.955 bits per heavy atom. The van der Waals surface area contributed by atoms with Gasteiger partial charge in [-0.25, -0.2) is 4.39 Å². The number of alkyl halides is 1. The van der Waals surface area contributed by atoms with Crippen LogP contribution in [0.15, 0.2) is 33.3 Å². The molecule has 2 aromatic heterocycles. The summed E-state index contributed by atoms with van der Waals surface area (Å²) in [5, 5.41) is 11.5. The summed E-state index contributed by atoms with van der Waals surface area (Å²) in [6.07, 6.45) is 10.7. The van der Waals surface area contributed by atoms with E-state index in [0.29, 0.717) is 43.4 Å². The van der Waals surface area contributed by atoms with Crippen LogP contribution in [-0.2, 0) is 20.5 Å². The van der Waals surface area contributed by atoms with Crippen molar-refractivity contribution in [1.29, 1.82) is 0 Å². The molecule has 8 aliphatic carbocycles. The monoisotopic (exact) mass is 600 g/mol. The van der Waals surface area contributed by atoms with Gasteiger partial charge in [0.25, 0.3) is 5.89 Å². The number of hydrogen-bond donors (Lipinski definition) is 1. The van der Waals surface area contributed by atoms with Gasteiger partial charge in [-0.3, -0.25) is 9.59 Å². The van der Waals surface area contributed by atoms with Crippen LogP contribution >= 0.6 is 0 Å². The third-order valence-electron chi connectivity index (χ3n) is 11.8. The topological polar surface area (TPSA) is 127 Å². The molecular formula is C33H37FN6O4. The molecule has 1 N–H and O–H groups in total. The van der Waals surface area contributed by atoms with E-state index < -0.39 is 16.6 Å². The van der Waals surface area contributed by atoms with Crippen LogP contribution in [0, 0.1) is 10.8 Å². The largest absolute Gasteiger partial charge is 0.342 e. The molecule has 0 unspecified atom stereocenters. The van der Waals surface area contributed by atoms with Crippen LogP contribution in [0.1, 0.15) is 114 Å². The molecule has 8 saturated carbocycles. The lowest BCUT2D eigenvalue weighted by atomic mass is 9.41. The number of carbonyl (C=O) groups excluding carboxylic acids is 2. The summed E-state index contributed by atoms with van der Waals surface area (Å²) >= 11 is 0. The summed E-state index contributed by atoms with van der Waals surface area (Å²) in [5.74, 6) is 2.87. The van der Waals surface area contributed by atoms with Crippen molar-refractivity contribution in [2.24, 2.45) is 10.8 Å². The van der Waals surface area contributed by atoms with Gasteiger partial charge in [-0.1, -0.05) is 22.4 Å². The number of halogens is 1. The van der Waals surface area contributed by atoms with E-state index in [1.165, 1.54) is 6.92 Å². The molecule has 11 heteroatoms. The number of nitrogens with zero attached hydrogens (tertiary/aromatic N) is 5. The highest BCUT2D eigenvalue weighted by atomic mass is 19.1.